The zero-order valence-corrected chi connectivity index (χ0v) is 13.3. The van der Waals surface area contributed by atoms with Crippen LogP contribution in [0.2, 0.25) is 0 Å². The third-order valence-electron chi connectivity index (χ3n) is 4.39. The summed E-state index contributed by atoms with van der Waals surface area (Å²) in [5, 5.41) is 16.6. The molecule has 1 heterocycles. The Hall–Kier alpha value is -1.36. The van der Waals surface area contributed by atoms with Gasteiger partial charge in [0.15, 0.2) is 0 Å². The molecule has 1 aliphatic rings. The van der Waals surface area contributed by atoms with E-state index < -0.39 is 0 Å². The predicted octanol–water partition coefficient (Wildman–Crippen LogP) is 2.44. The van der Waals surface area contributed by atoms with Crippen molar-refractivity contribution in [1.29, 1.82) is 0 Å². The van der Waals surface area contributed by atoms with Crippen LogP contribution in [0.4, 0.5) is 0 Å². The molecule has 5 heteroatoms. The molecule has 0 saturated heterocycles. The lowest BCUT2D eigenvalue weighted by molar-refractivity contribution is 0.0918. The topological polar surface area (TPSA) is 67.2 Å². The van der Waals surface area contributed by atoms with Crippen molar-refractivity contribution in [1.82, 2.24) is 15.1 Å². The highest BCUT2D eigenvalue weighted by atomic mass is 16.3. The number of carbonyl (C=O) groups excluding carboxylic acids is 1. The number of carbonyl (C=O) groups is 1. The van der Waals surface area contributed by atoms with Crippen LogP contribution >= 0.6 is 0 Å². The van der Waals surface area contributed by atoms with Gasteiger partial charge < -0.3 is 10.4 Å². The zero-order chi connectivity index (χ0) is 15.4. The SMILES string of the molecule is CCC(CC)n1nc(C(=O)NC(CCO)C2CC2)cc1C. The number of nitrogens with one attached hydrogen (secondary N) is 1. The minimum Gasteiger partial charge on any atom is -0.396 e. The smallest absolute Gasteiger partial charge is 0.272 e. The highest BCUT2D eigenvalue weighted by molar-refractivity contribution is 5.92. The van der Waals surface area contributed by atoms with Gasteiger partial charge in [0.05, 0.1) is 6.04 Å². The Bertz CT molecular complexity index is 476. The normalized spacial score (nSPS) is 16.2. The fourth-order valence-corrected chi connectivity index (χ4v) is 2.91. The molecule has 21 heavy (non-hydrogen) atoms. The molecule has 0 aromatic carbocycles. The molecule has 1 amide bonds. The van der Waals surface area contributed by atoms with Gasteiger partial charge in [-0.2, -0.15) is 5.10 Å². The predicted molar refractivity (Wildman–Crippen MR) is 82.3 cm³/mol. The van der Waals surface area contributed by atoms with E-state index in [1.54, 1.807) is 0 Å². The van der Waals surface area contributed by atoms with E-state index in [9.17, 15) is 4.79 Å². The van der Waals surface area contributed by atoms with Crippen LogP contribution in [0.5, 0.6) is 0 Å². The number of rotatable bonds is 8. The standard InChI is InChI=1S/C16H27N3O2/c1-4-13(5-2)19-11(3)10-15(18-19)16(21)17-14(8-9-20)12-6-7-12/h10,12-14,20H,4-9H2,1-3H3,(H,17,21). The molecular formula is C16H27N3O2. The molecule has 1 aliphatic carbocycles. The van der Waals surface area contributed by atoms with Gasteiger partial charge in [0, 0.05) is 18.3 Å². The number of hydrogen-bond donors (Lipinski definition) is 2. The summed E-state index contributed by atoms with van der Waals surface area (Å²) >= 11 is 0. The molecule has 2 rings (SSSR count). The molecular weight excluding hydrogens is 266 g/mol. The van der Waals surface area contributed by atoms with Crippen LogP contribution < -0.4 is 5.32 Å². The summed E-state index contributed by atoms with van der Waals surface area (Å²) in [6, 6.07) is 2.29. The van der Waals surface area contributed by atoms with Crippen LogP contribution in [-0.2, 0) is 0 Å². The fourth-order valence-electron chi connectivity index (χ4n) is 2.91. The van der Waals surface area contributed by atoms with Gasteiger partial charge in [-0.25, -0.2) is 0 Å². The summed E-state index contributed by atoms with van der Waals surface area (Å²) in [6.45, 7) is 6.38. The van der Waals surface area contributed by atoms with Crippen LogP contribution in [-0.4, -0.2) is 33.4 Å². The first-order valence-corrected chi connectivity index (χ1v) is 8.08. The molecule has 1 aromatic heterocycles. The maximum Gasteiger partial charge on any atom is 0.272 e. The average molecular weight is 293 g/mol. The number of aryl methyl sites for hydroxylation is 1. The summed E-state index contributed by atoms with van der Waals surface area (Å²) in [5.41, 5.74) is 1.52. The minimum atomic E-state index is -0.117. The largest absolute Gasteiger partial charge is 0.396 e. The summed E-state index contributed by atoms with van der Waals surface area (Å²) in [5.74, 6) is 0.413. The van der Waals surface area contributed by atoms with Gasteiger partial charge in [0.1, 0.15) is 5.69 Å². The van der Waals surface area contributed by atoms with Crippen LogP contribution in [0.3, 0.4) is 0 Å². The lowest BCUT2D eigenvalue weighted by atomic mass is 10.1. The number of nitrogens with zero attached hydrogens (tertiary/aromatic N) is 2. The first-order valence-electron chi connectivity index (χ1n) is 8.08. The highest BCUT2D eigenvalue weighted by Gasteiger charge is 2.32. The van der Waals surface area contributed by atoms with Gasteiger partial charge in [0.25, 0.3) is 5.91 Å². The monoisotopic (exact) mass is 293 g/mol. The second-order valence-corrected chi connectivity index (χ2v) is 6.02. The molecule has 5 nitrogen and oxygen atoms in total. The Morgan fingerprint density at radius 2 is 2.14 bits per heavy atom. The van der Waals surface area contributed by atoms with Crippen molar-refractivity contribution in [3.05, 3.63) is 17.5 Å². The van der Waals surface area contributed by atoms with Crippen molar-refractivity contribution in [2.45, 2.75) is 65.0 Å². The molecule has 2 N–H and O–H groups in total. The Labute approximate surface area is 126 Å². The van der Waals surface area contributed by atoms with Crippen LogP contribution in [0, 0.1) is 12.8 Å². The molecule has 1 aromatic rings. The minimum absolute atomic E-state index is 0.0844. The van der Waals surface area contributed by atoms with E-state index in [2.05, 4.69) is 24.3 Å². The molecule has 1 saturated carbocycles. The summed E-state index contributed by atoms with van der Waals surface area (Å²) < 4.78 is 1.97. The van der Waals surface area contributed by atoms with Gasteiger partial charge in [-0.3, -0.25) is 9.48 Å². The first-order chi connectivity index (χ1) is 10.1. The van der Waals surface area contributed by atoms with Crippen molar-refractivity contribution < 1.29 is 9.90 Å². The van der Waals surface area contributed by atoms with E-state index in [1.807, 2.05) is 17.7 Å². The highest BCUT2D eigenvalue weighted by Crippen LogP contribution is 2.34. The van der Waals surface area contributed by atoms with Crippen molar-refractivity contribution in [3.8, 4) is 0 Å². The van der Waals surface area contributed by atoms with Crippen molar-refractivity contribution in [3.63, 3.8) is 0 Å². The van der Waals surface area contributed by atoms with E-state index in [-0.39, 0.29) is 18.6 Å². The summed E-state index contributed by atoms with van der Waals surface area (Å²) in [4.78, 5) is 12.4. The van der Waals surface area contributed by atoms with Crippen molar-refractivity contribution >= 4 is 5.91 Å². The fraction of sp³-hybridized carbons (Fsp3) is 0.750. The second-order valence-electron chi connectivity index (χ2n) is 6.02. The number of amides is 1. The number of aliphatic hydroxyl groups is 1. The number of hydrogen-bond acceptors (Lipinski definition) is 3. The quantitative estimate of drug-likeness (QED) is 0.773. The van der Waals surface area contributed by atoms with E-state index in [0.717, 1.165) is 31.4 Å². The number of aliphatic hydroxyl groups excluding tert-OH is 1. The van der Waals surface area contributed by atoms with E-state index in [4.69, 9.17) is 5.11 Å². The van der Waals surface area contributed by atoms with Gasteiger partial charge in [0.2, 0.25) is 0 Å². The first kappa shape index (κ1) is 16.0. The van der Waals surface area contributed by atoms with Crippen molar-refractivity contribution in [2.75, 3.05) is 6.61 Å². The van der Waals surface area contributed by atoms with E-state index >= 15 is 0 Å². The maximum atomic E-state index is 12.4. The third-order valence-corrected chi connectivity index (χ3v) is 4.39. The molecule has 0 aliphatic heterocycles. The molecule has 1 unspecified atom stereocenters. The van der Waals surface area contributed by atoms with Gasteiger partial charge >= 0.3 is 0 Å². The molecule has 0 bridgehead atoms. The molecule has 0 spiro atoms. The van der Waals surface area contributed by atoms with Crippen LogP contribution in [0.25, 0.3) is 0 Å². The lowest BCUT2D eigenvalue weighted by Gasteiger charge is -2.16. The summed E-state index contributed by atoms with van der Waals surface area (Å²) in [7, 11) is 0. The maximum absolute atomic E-state index is 12.4. The van der Waals surface area contributed by atoms with Crippen LogP contribution in [0.15, 0.2) is 6.07 Å². The van der Waals surface area contributed by atoms with Gasteiger partial charge in [-0.1, -0.05) is 13.8 Å². The Balaban J connectivity index is 2.06. The Kier molecular flexibility index (Phi) is 5.39. The summed E-state index contributed by atoms with van der Waals surface area (Å²) in [6.07, 6.45) is 4.94. The molecule has 0 radical (unpaired) electrons. The Morgan fingerprint density at radius 1 is 1.48 bits per heavy atom. The van der Waals surface area contributed by atoms with Crippen molar-refractivity contribution in [2.24, 2.45) is 5.92 Å². The van der Waals surface area contributed by atoms with Gasteiger partial charge in [-0.05, 0) is 51.0 Å². The van der Waals surface area contributed by atoms with E-state index in [1.165, 1.54) is 0 Å². The molecule has 1 atom stereocenters. The van der Waals surface area contributed by atoms with E-state index in [0.29, 0.717) is 24.1 Å². The Morgan fingerprint density at radius 3 is 2.67 bits per heavy atom. The molecule has 1 fully saturated rings. The lowest BCUT2D eigenvalue weighted by Crippen LogP contribution is -2.37. The number of aromatic nitrogens is 2. The molecule has 118 valence electrons. The average Bonchev–Trinajstić information content (AvgIpc) is 3.24. The van der Waals surface area contributed by atoms with Crippen LogP contribution in [0.1, 0.15) is 68.2 Å². The second kappa shape index (κ2) is 7.07. The zero-order valence-electron chi connectivity index (χ0n) is 13.3. The third kappa shape index (κ3) is 3.84. The van der Waals surface area contributed by atoms with Gasteiger partial charge in [-0.15, -0.1) is 0 Å².